The number of hydrogen-bond acceptors (Lipinski definition) is 4. The molecule has 0 saturated carbocycles. The molecule has 0 atom stereocenters. The van der Waals surface area contributed by atoms with E-state index in [0.29, 0.717) is 16.3 Å². The van der Waals surface area contributed by atoms with Gasteiger partial charge in [-0.15, -0.1) is 11.8 Å². The van der Waals surface area contributed by atoms with Gasteiger partial charge in [0, 0.05) is 17.9 Å². The fourth-order valence-corrected chi connectivity index (χ4v) is 4.09. The molecule has 27 heavy (non-hydrogen) atoms. The maximum Gasteiger partial charge on any atom is 0.225 e. The number of hydrogen-bond donors (Lipinski definition) is 1. The van der Waals surface area contributed by atoms with Gasteiger partial charge in [-0.1, -0.05) is 25.0 Å². The Morgan fingerprint density at radius 3 is 2.78 bits per heavy atom. The summed E-state index contributed by atoms with van der Waals surface area (Å²) in [6.07, 6.45) is 6.87. The van der Waals surface area contributed by atoms with E-state index in [1.807, 2.05) is 6.07 Å². The minimum Gasteiger partial charge on any atom is -0.324 e. The number of halogens is 1. The fourth-order valence-electron chi connectivity index (χ4n) is 3.17. The molecule has 0 aliphatic heterocycles. The molecule has 0 fully saturated rings. The second-order valence-corrected chi connectivity index (χ2v) is 7.68. The number of aryl methyl sites for hydroxylation is 2. The molecule has 1 heterocycles. The molecule has 1 aromatic heterocycles. The summed E-state index contributed by atoms with van der Waals surface area (Å²) in [6.45, 7) is 0. The van der Waals surface area contributed by atoms with Gasteiger partial charge in [0.25, 0.3) is 0 Å². The molecule has 3 rings (SSSR count). The van der Waals surface area contributed by atoms with Gasteiger partial charge in [0.15, 0.2) is 0 Å². The van der Waals surface area contributed by atoms with Crippen molar-refractivity contribution in [2.24, 2.45) is 0 Å². The topological polar surface area (TPSA) is 65.8 Å². The second-order valence-electron chi connectivity index (χ2n) is 6.60. The summed E-state index contributed by atoms with van der Waals surface area (Å²) < 4.78 is 13.6. The van der Waals surface area contributed by atoms with E-state index in [4.69, 9.17) is 4.98 Å². The molecule has 4 nitrogen and oxygen atoms in total. The van der Waals surface area contributed by atoms with Crippen molar-refractivity contribution in [1.82, 2.24) is 4.98 Å². The van der Waals surface area contributed by atoms with Gasteiger partial charge in [-0.25, -0.2) is 9.37 Å². The maximum atomic E-state index is 13.6. The van der Waals surface area contributed by atoms with Crippen LogP contribution in [0.3, 0.4) is 0 Å². The van der Waals surface area contributed by atoms with E-state index in [1.54, 1.807) is 12.1 Å². The van der Waals surface area contributed by atoms with Crippen molar-refractivity contribution >= 4 is 23.4 Å². The lowest BCUT2D eigenvalue weighted by Crippen LogP contribution is -2.13. The lowest BCUT2D eigenvalue weighted by molar-refractivity contribution is -0.115. The molecule has 1 aliphatic rings. The summed E-state index contributed by atoms with van der Waals surface area (Å²) in [5.41, 5.74) is 3.04. The van der Waals surface area contributed by atoms with E-state index in [9.17, 15) is 14.4 Å². The minimum absolute atomic E-state index is 0.185. The summed E-state index contributed by atoms with van der Waals surface area (Å²) in [5.74, 6) is -0.216. The van der Waals surface area contributed by atoms with Crippen LogP contribution in [0.4, 0.5) is 10.1 Å². The highest BCUT2D eigenvalue weighted by Crippen LogP contribution is 2.27. The molecule has 1 N–H and O–H groups in total. The number of carbonyl (C=O) groups is 1. The Morgan fingerprint density at radius 2 is 2.00 bits per heavy atom. The molecule has 6 heteroatoms. The molecule has 0 unspecified atom stereocenters. The standard InChI is InChI=1S/C21H22FN3OS/c22-17-8-5-6-10-19(17)24-20(26)11-12-27-21-16(14-23)13-15-7-3-1-2-4-9-18(15)25-21/h5-6,8,10,13H,1-4,7,9,11-12H2,(H,24,26). The molecule has 1 amide bonds. The van der Waals surface area contributed by atoms with Crippen molar-refractivity contribution in [2.75, 3.05) is 11.1 Å². The number of amides is 1. The molecule has 0 radical (unpaired) electrons. The number of aromatic nitrogens is 1. The highest BCUT2D eigenvalue weighted by molar-refractivity contribution is 7.99. The van der Waals surface area contributed by atoms with Crippen LogP contribution < -0.4 is 5.32 Å². The number of nitrogens with one attached hydrogen (secondary N) is 1. The van der Waals surface area contributed by atoms with Gasteiger partial charge in [0.2, 0.25) is 5.91 Å². The first-order valence-corrected chi connectivity index (χ1v) is 10.3. The Morgan fingerprint density at radius 1 is 1.22 bits per heavy atom. The van der Waals surface area contributed by atoms with Crippen LogP contribution in [0.2, 0.25) is 0 Å². The van der Waals surface area contributed by atoms with Crippen molar-refractivity contribution in [2.45, 2.75) is 50.0 Å². The Labute approximate surface area is 163 Å². The van der Waals surface area contributed by atoms with Crippen LogP contribution in [0, 0.1) is 17.1 Å². The van der Waals surface area contributed by atoms with Crippen LogP contribution in [0.15, 0.2) is 35.4 Å². The zero-order valence-corrected chi connectivity index (χ0v) is 15.9. The zero-order valence-electron chi connectivity index (χ0n) is 15.1. The number of thioether (sulfide) groups is 1. The number of pyridine rings is 1. The first-order chi connectivity index (χ1) is 13.2. The molecular formula is C21H22FN3OS. The number of carbonyl (C=O) groups excluding carboxylic acids is 1. The van der Waals surface area contributed by atoms with E-state index >= 15 is 0 Å². The molecule has 1 aliphatic carbocycles. The van der Waals surface area contributed by atoms with E-state index in [0.717, 1.165) is 31.4 Å². The van der Waals surface area contributed by atoms with E-state index in [-0.39, 0.29) is 18.0 Å². The zero-order chi connectivity index (χ0) is 19.1. The summed E-state index contributed by atoms with van der Waals surface area (Å²) in [5, 5.41) is 12.7. The number of nitriles is 1. The molecule has 140 valence electrons. The van der Waals surface area contributed by atoms with Crippen LogP contribution in [-0.2, 0) is 17.6 Å². The number of fused-ring (bicyclic) bond motifs is 1. The normalized spacial score (nSPS) is 13.8. The molecular weight excluding hydrogens is 361 g/mol. The highest BCUT2D eigenvalue weighted by Gasteiger charge is 2.15. The predicted octanol–water partition coefficient (Wildman–Crippen LogP) is 4.87. The quantitative estimate of drug-likeness (QED) is 0.748. The molecule has 2 aromatic rings. The van der Waals surface area contributed by atoms with E-state index < -0.39 is 5.82 Å². The summed E-state index contributed by atoms with van der Waals surface area (Å²) >= 11 is 1.41. The number of anilines is 1. The number of rotatable bonds is 5. The lowest BCUT2D eigenvalue weighted by atomic mass is 9.96. The van der Waals surface area contributed by atoms with Crippen LogP contribution >= 0.6 is 11.8 Å². The monoisotopic (exact) mass is 383 g/mol. The van der Waals surface area contributed by atoms with Crippen molar-refractivity contribution in [1.29, 1.82) is 5.26 Å². The first-order valence-electron chi connectivity index (χ1n) is 9.27. The largest absolute Gasteiger partial charge is 0.324 e. The number of nitrogens with zero attached hydrogens (tertiary/aromatic N) is 2. The fraction of sp³-hybridized carbons (Fsp3) is 0.381. The van der Waals surface area contributed by atoms with Gasteiger partial charge in [-0.3, -0.25) is 4.79 Å². The van der Waals surface area contributed by atoms with Crippen LogP contribution in [0.1, 0.15) is 48.9 Å². The lowest BCUT2D eigenvalue weighted by Gasteiger charge is -2.15. The molecule has 0 saturated heterocycles. The number of para-hydroxylation sites is 1. The Bertz CT molecular complexity index is 863. The van der Waals surface area contributed by atoms with Gasteiger partial charge in [0.1, 0.15) is 16.9 Å². The van der Waals surface area contributed by atoms with Crippen molar-refractivity contribution in [3.8, 4) is 6.07 Å². The average Bonchev–Trinajstić information content (AvgIpc) is 2.64. The molecule has 0 spiro atoms. The van der Waals surface area contributed by atoms with Gasteiger partial charge in [-0.05, 0) is 49.4 Å². The smallest absolute Gasteiger partial charge is 0.225 e. The van der Waals surface area contributed by atoms with Gasteiger partial charge >= 0.3 is 0 Å². The van der Waals surface area contributed by atoms with Crippen molar-refractivity contribution < 1.29 is 9.18 Å². The van der Waals surface area contributed by atoms with Crippen LogP contribution in [0.5, 0.6) is 0 Å². The number of benzene rings is 1. The van der Waals surface area contributed by atoms with Gasteiger partial charge < -0.3 is 5.32 Å². The van der Waals surface area contributed by atoms with E-state index in [1.165, 1.54) is 42.3 Å². The summed E-state index contributed by atoms with van der Waals surface area (Å²) in [7, 11) is 0. The summed E-state index contributed by atoms with van der Waals surface area (Å²) in [6, 6.07) is 10.3. The third-order valence-corrected chi connectivity index (χ3v) is 5.60. The van der Waals surface area contributed by atoms with E-state index in [2.05, 4.69) is 11.4 Å². The Balaban J connectivity index is 1.62. The third kappa shape index (κ3) is 5.30. The third-order valence-electron chi connectivity index (χ3n) is 4.60. The van der Waals surface area contributed by atoms with Crippen molar-refractivity contribution in [3.63, 3.8) is 0 Å². The average molecular weight is 383 g/mol. The van der Waals surface area contributed by atoms with Crippen molar-refractivity contribution in [3.05, 3.63) is 53.0 Å². The second kappa shape index (κ2) is 9.52. The van der Waals surface area contributed by atoms with Crippen LogP contribution in [-0.4, -0.2) is 16.6 Å². The highest BCUT2D eigenvalue weighted by atomic mass is 32.2. The summed E-state index contributed by atoms with van der Waals surface area (Å²) in [4.78, 5) is 16.8. The van der Waals surface area contributed by atoms with Gasteiger partial charge in [0.05, 0.1) is 11.3 Å². The molecule has 0 bridgehead atoms. The maximum absolute atomic E-state index is 13.6. The van der Waals surface area contributed by atoms with Crippen LogP contribution in [0.25, 0.3) is 0 Å². The van der Waals surface area contributed by atoms with Gasteiger partial charge in [-0.2, -0.15) is 5.26 Å². The predicted molar refractivity (Wildman–Crippen MR) is 105 cm³/mol. The minimum atomic E-state index is -0.450. The Kier molecular flexibility index (Phi) is 6.83. The molecule has 1 aromatic carbocycles. The Hall–Kier alpha value is -2.39. The first kappa shape index (κ1) is 19.4. The SMILES string of the molecule is N#Cc1cc2c(nc1SCCC(=O)Nc1ccccc1F)CCCCCC2.